The summed E-state index contributed by atoms with van der Waals surface area (Å²) < 4.78 is 10.9. The Labute approximate surface area is 278 Å². The molecule has 1 unspecified atom stereocenters. The Bertz CT molecular complexity index is 2140. The molecule has 0 radical (unpaired) electrons. The summed E-state index contributed by atoms with van der Waals surface area (Å²) in [6.45, 7) is 18.1. The van der Waals surface area contributed by atoms with Crippen LogP contribution < -0.4 is 4.74 Å². The molecule has 240 valence electrons. The van der Waals surface area contributed by atoms with Gasteiger partial charge in [-0.3, -0.25) is 4.57 Å². The largest absolute Gasteiger partial charge is 0.457 e. The molecule has 47 heavy (non-hydrogen) atoms. The maximum Gasteiger partial charge on any atom is 0.137 e. The summed E-state index contributed by atoms with van der Waals surface area (Å²) >= 11 is 0. The molecule has 7 rings (SSSR count). The summed E-state index contributed by atoms with van der Waals surface area (Å²) in [5.74, 6) is 4.00. The predicted molar refractivity (Wildman–Crippen MR) is 194 cm³/mol. The van der Waals surface area contributed by atoms with E-state index in [2.05, 4.69) is 144 Å². The molecule has 0 fully saturated rings. The van der Waals surface area contributed by atoms with Crippen molar-refractivity contribution in [2.24, 2.45) is 11.8 Å². The zero-order valence-electron chi connectivity index (χ0n) is 29.0. The molecule has 0 saturated heterocycles. The van der Waals surface area contributed by atoms with Gasteiger partial charge in [-0.1, -0.05) is 77.5 Å². The third kappa shape index (κ3) is 5.56. The molecular formula is C42H46N4O. The normalized spacial score (nSPS) is 17.1. The molecule has 3 aromatic heterocycles. The van der Waals surface area contributed by atoms with Crippen molar-refractivity contribution in [2.75, 3.05) is 0 Å². The Morgan fingerprint density at radius 1 is 0.851 bits per heavy atom. The highest BCUT2D eigenvalue weighted by atomic mass is 16.5. The van der Waals surface area contributed by atoms with E-state index in [-0.39, 0.29) is 5.41 Å². The number of hydrogen-bond donors (Lipinski definition) is 0. The van der Waals surface area contributed by atoms with Gasteiger partial charge in [-0.25, -0.2) is 9.67 Å². The van der Waals surface area contributed by atoms with Crippen molar-refractivity contribution in [3.63, 3.8) is 0 Å². The van der Waals surface area contributed by atoms with Crippen LogP contribution in [0.25, 0.3) is 33.3 Å². The fraction of sp³-hybridized carbons (Fsp3) is 0.333. The van der Waals surface area contributed by atoms with E-state index in [0.717, 1.165) is 39.7 Å². The topological polar surface area (TPSA) is 44.9 Å². The highest BCUT2D eigenvalue weighted by Gasteiger charge is 2.32. The Balaban J connectivity index is 1.27. The number of fused-ring (bicyclic) bond motifs is 3. The van der Waals surface area contributed by atoms with Crippen molar-refractivity contribution in [1.82, 2.24) is 19.3 Å². The lowest BCUT2D eigenvalue weighted by atomic mass is 9.71. The number of nitrogens with zero attached hydrogens (tertiary/aromatic N) is 4. The molecule has 0 aliphatic heterocycles. The molecule has 0 bridgehead atoms. The second-order valence-corrected chi connectivity index (χ2v) is 14.7. The van der Waals surface area contributed by atoms with Gasteiger partial charge in [0.25, 0.3) is 0 Å². The van der Waals surface area contributed by atoms with Gasteiger partial charge in [-0.05, 0) is 92.0 Å². The van der Waals surface area contributed by atoms with Gasteiger partial charge >= 0.3 is 0 Å². The number of aromatic nitrogens is 4. The molecule has 0 saturated carbocycles. The van der Waals surface area contributed by atoms with Gasteiger partial charge in [0.15, 0.2) is 0 Å². The highest BCUT2D eigenvalue weighted by molar-refractivity contribution is 6.09. The first kappa shape index (κ1) is 31.0. The fourth-order valence-electron chi connectivity index (χ4n) is 7.62. The third-order valence-electron chi connectivity index (χ3n) is 10.0. The maximum absolute atomic E-state index is 6.59. The lowest BCUT2D eigenvalue weighted by molar-refractivity contribution is 0.420. The summed E-state index contributed by atoms with van der Waals surface area (Å²) in [5, 5.41) is 7.46. The van der Waals surface area contributed by atoms with Crippen molar-refractivity contribution in [3.05, 3.63) is 119 Å². The first-order valence-corrected chi connectivity index (χ1v) is 17.1. The van der Waals surface area contributed by atoms with E-state index in [1.807, 2.05) is 12.3 Å². The summed E-state index contributed by atoms with van der Waals surface area (Å²) in [5.41, 5.74) is 9.73. The molecule has 1 aliphatic carbocycles. The van der Waals surface area contributed by atoms with Crippen LogP contribution >= 0.6 is 0 Å². The van der Waals surface area contributed by atoms with E-state index in [9.17, 15) is 0 Å². The molecule has 1 aliphatic rings. The molecule has 3 aromatic carbocycles. The lowest BCUT2D eigenvalue weighted by Crippen LogP contribution is -2.20. The van der Waals surface area contributed by atoms with Crippen molar-refractivity contribution in [1.29, 1.82) is 0 Å². The molecule has 2 atom stereocenters. The second kappa shape index (κ2) is 11.9. The number of para-hydroxylation sites is 1. The Hall–Kier alpha value is -4.64. The van der Waals surface area contributed by atoms with Gasteiger partial charge in [0.05, 0.1) is 22.4 Å². The number of hydrogen-bond acceptors (Lipinski definition) is 3. The predicted octanol–water partition coefficient (Wildman–Crippen LogP) is 11.2. The Kier molecular flexibility index (Phi) is 7.82. The van der Waals surface area contributed by atoms with E-state index in [4.69, 9.17) is 14.8 Å². The monoisotopic (exact) mass is 622 g/mol. The summed E-state index contributed by atoms with van der Waals surface area (Å²) in [4.78, 5) is 4.83. The fourth-order valence-corrected chi connectivity index (χ4v) is 7.62. The molecule has 3 heterocycles. The average molecular weight is 623 g/mol. The minimum Gasteiger partial charge on any atom is -0.457 e. The Morgan fingerprint density at radius 2 is 1.62 bits per heavy atom. The number of rotatable bonds is 6. The summed E-state index contributed by atoms with van der Waals surface area (Å²) in [6.07, 6.45) is 6.79. The smallest absolute Gasteiger partial charge is 0.137 e. The number of ether oxygens (including phenoxy) is 1. The molecule has 5 heteroatoms. The van der Waals surface area contributed by atoms with Crippen LogP contribution in [0, 0.1) is 25.7 Å². The van der Waals surface area contributed by atoms with Crippen LogP contribution in [0.3, 0.4) is 0 Å². The van der Waals surface area contributed by atoms with Crippen LogP contribution in [0.15, 0.2) is 96.7 Å². The summed E-state index contributed by atoms with van der Waals surface area (Å²) in [7, 11) is 0. The molecule has 0 N–H and O–H groups in total. The van der Waals surface area contributed by atoms with E-state index < -0.39 is 0 Å². The highest BCUT2D eigenvalue weighted by Crippen LogP contribution is 2.44. The van der Waals surface area contributed by atoms with Crippen molar-refractivity contribution in [2.45, 2.75) is 79.6 Å². The van der Waals surface area contributed by atoms with E-state index in [1.165, 1.54) is 40.4 Å². The minimum absolute atomic E-state index is 0.0179. The first-order chi connectivity index (χ1) is 22.5. The second-order valence-electron chi connectivity index (χ2n) is 14.7. The van der Waals surface area contributed by atoms with Gasteiger partial charge in [0.1, 0.15) is 17.3 Å². The molecule has 0 amide bonds. The maximum atomic E-state index is 6.59. The van der Waals surface area contributed by atoms with Gasteiger partial charge in [0.2, 0.25) is 0 Å². The van der Waals surface area contributed by atoms with Gasteiger partial charge in [0, 0.05) is 46.3 Å². The lowest BCUT2D eigenvalue weighted by Gasteiger charge is -2.33. The number of aryl methyl sites for hydroxylation is 1. The molecular weight excluding hydrogens is 576 g/mol. The zero-order valence-corrected chi connectivity index (χ0v) is 29.0. The molecule has 5 nitrogen and oxygen atoms in total. The first-order valence-electron chi connectivity index (χ1n) is 17.1. The molecule has 0 spiro atoms. The van der Waals surface area contributed by atoms with Crippen LogP contribution in [0.4, 0.5) is 0 Å². The van der Waals surface area contributed by atoms with Crippen LogP contribution in [0.1, 0.15) is 82.8 Å². The van der Waals surface area contributed by atoms with E-state index in [1.54, 1.807) is 5.57 Å². The zero-order chi connectivity index (χ0) is 33.0. The number of benzene rings is 3. The van der Waals surface area contributed by atoms with Gasteiger partial charge < -0.3 is 4.74 Å². The minimum atomic E-state index is 0.0179. The molecule has 6 aromatic rings. The van der Waals surface area contributed by atoms with E-state index >= 15 is 0 Å². The summed E-state index contributed by atoms with van der Waals surface area (Å²) in [6, 6.07) is 27.5. The Morgan fingerprint density at radius 3 is 2.40 bits per heavy atom. The van der Waals surface area contributed by atoms with Crippen LogP contribution in [0.2, 0.25) is 0 Å². The van der Waals surface area contributed by atoms with Gasteiger partial charge in [-0.15, -0.1) is 0 Å². The van der Waals surface area contributed by atoms with Crippen molar-refractivity contribution < 1.29 is 4.74 Å². The standard InChI is InChI=1S/C42H46N4O/c1-26(2)34-17-11-13-27(3)40(34)41-28(4)44-46(29(41)5)31-14-12-15-32(24-31)47-33-19-20-36-35-16-9-10-18-37(35)45(38(36)25-33)39-23-30(21-22-43-39)42(6,7)8/h9-10,12,14-27,40H,11,13H2,1-8H3/t27-,40?/m0/s1. The average Bonchev–Trinajstić information content (AvgIpc) is 3.53. The SMILES string of the molecule is Cc1nn(-c2cccc(Oc3ccc4c5ccccc5n(-c5cc(C(C)(C)C)ccn5)c4c3)c2)c(C)c1C1C(C(C)C)=CCC[C@@H]1C. The van der Waals surface area contributed by atoms with Crippen LogP contribution in [0.5, 0.6) is 11.5 Å². The quantitative estimate of drug-likeness (QED) is 0.174. The van der Waals surface area contributed by atoms with E-state index in [0.29, 0.717) is 17.8 Å². The van der Waals surface area contributed by atoms with Crippen LogP contribution in [-0.4, -0.2) is 19.3 Å². The number of allylic oxidation sites excluding steroid dienone is 2. The van der Waals surface area contributed by atoms with Crippen molar-refractivity contribution >= 4 is 21.8 Å². The van der Waals surface area contributed by atoms with Crippen LogP contribution in [-0.2, 0) is 5.41 Å². The third-order valence-corrected chi connectivity index (χ3v) is 10.0. The van der Waals surface area contributed by atoms with Crippen molar-refractivity contribution in [3.8, 4) is 23.0 Å². The number of pyridine rings is 1. The van der Waals surface area contributed by atoms with Gasteiger partial charge in [-0.2, -0.15) is 5.10 Å².